The summed E-state index contributed by atoms with van der Waals surface area (Å²) < 4.78 is 34.4. The van der Waals surface area contributed by atoms with Crippen molar-refractivity contribution in [2.24, 2.45) is 0 Å². The molecule has 0 aromatic rings. The third kappa shape index (κ3) is 36.0. The Hall–Kier alpha value is -1.99. The molecule has 19 heteroatoms. The van der Waals surface area contributed by atoms with Crippen molar-refractivity contribution in [3.05, 3.63) is 36.5 Å². The number of rotatable bonds is 58. The SMILES string of the molecule is CCCCCCC/C=C\C/C=C\CCCCCCCCCCCCCCCC(=O)NC(COC1OC(CO)C(OC2OC(CO)C(OC3OC(CO)C(O)C(O)C3O)C(O)C2O)C(O)C1O)C(O)/C=C/CCCCCCCCCCCCCCCCCCCCCC. The summed E-state index contributed by atoms with van der Waals surface area (Å²) >= 11 is 0. The second kappa shape index (κ2) is 55.0. The third-order valence-corrected chi connectivity index (χ3v) is 18.7. The number of ether oxygens (including phenoxy) is 6. The maximum absolute atomic E-state index is 13.4. The molecular weight excluding hydrogens is 1180 g/mol. The van der Waals surface area contributed by atoms with Crippen LogP contribution in [0.1, 0.15) is 290 Å². The Morgan fingerprint density at radius 3 is 1.11 bits per heavy atom. The van der Waals surface area contributed by atoms with Crippen molar-refractivity contribution in [2.45, 2.75) is 394 Å². The van der Waals surface area contributed by atoms with E-state index >= 15 is 0 Å². The van der Waals surface area contributed by atoms with Crippen LogP contribution in [-0.2, 0) is 33.2 Å². The van der Waals surface area contributed by atoms with Gasteiger partial charge in [-0.2, -0.15) is 0 Å². The molecule has 17 unspecified atom stereocenters. The molecule has 0 radical (unpaired) electrons. The van der Waals surface area contributed by atoms with Crippen LogP contribution in [0.4, 0.5) is 0 Å². The monoisotopic (exact) mass is 1310 g/mol. The van der Waals surface area contributed by atoms with Gasteiger partial charge >= 0.3 is 0 Å². The zero-order valence-electron chi connectivity index (χ0n) is 57.3. The van der Waals surface area contributed by atoms with E-state index in [2.05, 4.69) is 43.5 Å². The lowest BCUT2D eigenvalue weighted by molar-refractivity contribution is -0.379. The van der Waals surface area contributed by atoms with Crippen molar-refractivity contribution in [1.29, 1.82) is 0 Å². The van der Waals surface area contributed by atoms with E-state index in [4.69, 9.17) is 28.4 Å². The van der Waals surface area contributed by atoms with Gasteiger partial charge in [-0.05, 0) is 51.4 Å². The van der Waals surface area contributed by atoms with Crippen LogP contribution >= 0.6 is 0 Å². The van der Waals surface area contributed by atoms with Gasteiger partial charge < -0.3 is 89.9 Å². The maximum Gasteiger partial charge on any atom is 0.220 e. The number of aliphatic hydroxyl groups excluding tert-OH is 11. The van der Waals surface area contributed by atoms with Crippen LogP contribution in [-0.4, -0.2) is 193 Å². The summed E-state index contributed by atoms with van der Waals surface area (Å²) in [6, 6.07) is -0.974. The number of nitrogens with one attached hydrogen (secondary N) is 1. The van der Waals surface area contributed by atoms with Crippen molar-refractivity contribution in [3.8, 4) is 0 Å². The van der Waals surface area contributed by atoms with Gasteiger partial charge in [-0.3, -0.25) is 4.79 Å². The molecular formula is C73H135NO18. The molecule has 0 bridgehead atoms. The molecule has 3 aliphatic rings. The predicted molar refractivity (Wildman–Crippen MR) is 360 cm³/mol. The lowest BCUT2D eigenvalue weighted by Gasteiger charge is -2.48. The van der Waals surface area contributed by atoms with E-state index in [0.717, 1.165) is 51.4 Å². The average molecular weight is 1310 g/mol. The van der Waals surface area contributed by atoms with Gasteiger partial charge in [0.25, 0.3) is 0 Å². The van der Waals surface area contributed by atoms with E-state index in [1.165, 1.54) is 212 Å². The first-order chi connectivity index (χ1) is 44.8. The van der Waals surface area contributed by atoms with Crippen LogP contribution in [0.15, 0.2) is 36.5 Å². The number of aliphatic hydroxyl groups is 11. The second-order valence-electron chi connectivity index (χ2n) is 26.8. The Morgan fingerprint density at radius 2 is 0.717 bits per heavy atom. The summed E-state index contributed by atoms with van der Waals surface area (Å²) in [5.74, 6) is -0.273. The van der Waals surface area contributed by atoms with E-state index in [1.807, 2.05) is 6.08 Å². The molecule has 1 amide bonds. The van der Waals surface area contributed by atoms with Crippen molar-refractivity contribution < 1.29 is 89.4 Å². The molecule has 0 saturated carbocycles. The number of allylic oxidation sites excluding steroid dienone is 5. The molecule has 3 fully saturated rings. The topological polar surface area (TPSA) is 307 Å². The quantitative estimate of drug-likeness (QED) is 0.0199. The molecule has 0 spiro atoms. The van der Waals surface area contributed by atoms with Crippen molar-refractivity contribution in [1.82, 2.24) is 5.32 Å². The second-order valence-corrected chi connectivity index (χ2v) is 26.8. The summed E-state index contributed by atoms with van der Waals surface area (Å²) in [7, 11) is 0. The van der Waals surface area contributed by atoms with Crippen molar-refractivity contribution in [2.75, 3.05) is 26.4 Å². The summed E-state index contributed by atoms with van der Waals surface area (Å²) in [5.41, 5.74) is 0. The number of unbranched alkanes of at least 4 members (excludes halogenated alkanes) is 38. The van der Waals surface area contributed by atoms with Crippen LogP contribution in [0.3, 0.4) is 0 Å². The Bertz CT molecular complexity index is 1810. The molecule has 19 nitrogen and oxygen atoms in total. The number of hydrogen-bond donors (Lipinski definition) is 12. The highest BCUT2D eigenvalue weighted by Crippen LogP contribution is 2.33. The fourth-order valence-electron chi connectivity index (χ4n) is 12.6. The molecule has 3 rings (SSSR count). The lowest BCUT2D eigenvalue weighted by Crippen LogP contribution is -2.66. The molecule has 0 aromatic heterocycles. The van der Waals surface area contributed by atoms with E-state index in [1.54, 1.807) is 6.08 Å². The van der Waals surface area contributed by atoms with Gasteiger partial charge in [0.2, 0.25) is 5.91 Å². The molecule has 17 atom stereocenters. The highest BCUT2D eigenvalue weighted by molar-refractivity contribution is 5.76. The van der Waals surface area contributed by atoms with Crippen LogP contribution in [0, 0.1) is 0 Å². The Morgan fingerprint density at radius 1 is 0.391 bits per heavy atom. The van der Waals surface area contributed by atoms with Gasteiger partial charge in [0.1, 0.15) is 73.2 Å². The van der Waals surface area contributed by atoms with E-state index < -0.39 is 124 Å². The first kappa shape index (κ1) is 84.2. The highest BCUT2D eigenvalue weighted by Gasteiger charge is 2.53. The van der Waals surface area contributed by atoms with E-state index in [-0.39, 0.29) is 18.9 Å². The zero-order valence-corrected chi connectivity index (χ0v) is 57.3. The molecule has 0 aromatic carbocycles. The largest absolute Gasteiger partial charge is 0.394 e. The highest BCUT2D eigenvalue weighted by atomic mass is 16.8. The Kier molecular flexibility index (Phi) is 50.3. The molecule has 3 aliphatic heterocycles. The number of amides is 1. The fourth-order valence-corrected chi connectivity index (χ4v) is 12.6. The summed E-state index contributed by atoms with van der Waals surface area (Å²) in [4.78, 5) is 13.4. The van der Waals surface area contributed by atoms with E-state index in [9.17, 15) is 61.0 Å². The summed E-state index contributed by atoms with van der Waals surface area (Å²) in [6.45, 7) is 1.76. The van der Waals surface area contributed by atoms with Gasteiger partial charge in [0.05, 0.1) is 38.6 Å². The van der Waals surface area contributed by atoms with Crippen molar-refractivity contribution in [3.63, 3.8) is 0 Å². The summed E-state index contributed by atoms with van der Waals surface area (Å²) in [6.07, 6.45) is 38.3. The smallest absolute Gasteiger partial charge is 0.220 e. The van der Waals surface area contributed by atoms with E-state index in [0.29, 0.717) is 6.42 Å². The lowest BCUT2D eigenvalue weighted by atomic mass is 9.96. The number of hydrogen-bond acceptors (Lipinski definition) is 18. The minimum Gasteiger partial charge on any atom is -0.394 e. The molecule has 92 heavy (non-hydrogen) atoms. The maximum atomic E-state index is 13.4. The van der Waals surface area contributed by atoms with Gasteiger partial charge in [-0.15, -0.1) is 0 Å². The third-order valence-electron chi connectivity index (χ3n) is 18.7. The first-order valence-electron chi connectivity index (χ1n) is 37.2. The van der Waals surface area contributed by atoms with Gasteiger partial charge in [-0.1, -0.05) is 269 Å². The fraction of sp³-hybridized carbons (Fsp3) is 0.904. The molecule has 3 saturated heterocycles. The van der Waals surface area contributed by atoms with Gasteiger partial charge in [0.15, 0.2) is 18.9 Å². The van der Waals surface area contributed by atoms with Crippen LogP contribution in [0.2, 0.25) is 0 Å². The molecule has 0 aliphatic carbocycles. The normalized spacial score (nSPS) is 27.9. The number of carbonyl (C=O) groups is 1. The predicted octanol–water partition coefficient (Wildman–Crippen LogP) is 10.8. The van der Waals surface area contributed by atoms with Crippen LogP contribution < -0.4 is 5.32 Å². The molecule has 540 valence electrons. The zero-order chi connectivity index (χ0) is 66.8. The Balaban J connectivity index is 1.42. The minimum atomic E-state index is -1.98. The number of carbonyl (C=O) groups excluding carboxylic acids is 1. The van der Waals surface area contributed by atoms with Gasteiger partial charge in [0, 0.05) is 6.42 Å². The van der Waals surface area contributed by atoms with Crippen LogP contribution in [0.5, 0.6) is 0 Å². The van der Waals surface area contributed by atoms with Crippen LogP contribution in [0.25, 0.3) is 0 Å². The molecule has 3 heterocycles. The van der Waals surface area contributed by atoms with Crippen molar-refractivity contribution >= 4 is 5.91 Å². The Labute approximate surface area is 555 Å². The van der Waals surface area contributed by atoms with Gasteiger partial charge in [-0.25, -0.2) is 0 Å². The average Bonchev–Trinajstić information content (AvgIpc) is 0.837. The standard InChI is InChI=1S/C73H135NO18/c1-3-5-7-9-11-13-15-17-19-21-23-25-27-28-29-31-33-35-37-39-41-43-45-47-49-51-61(79)74-56(57(78)50-48-46-44-42-40-38-36-34-32-30-26-24-22-20-18-16-14-12-10-8-6-4-2)55-87-71-67(85)64(82)69(59(53-76)89-71)92-73-68(86)65(83)70(60(54-77)90-73)91-72-66(84)63(81)62(80)58(52-75)88-72/h15,17,21,23,48,50,56-60,62-73,75-78,80-86H,3-14,16,18-20,22,24-47,49,51-55H2,1-2H3,(H,74,79)/b17-15-,23-21-,50-48+. The molecule has 12 N–H and O–H groups in total. The first-order valence-corrected chi connectivity index (χ1v) is 37.2. The minimum absolute atomic E-state index is 0.244. The summed E-state index contributed by atoms with van der Waals surface area (Å²) in [5, 5.41) is 121.